The first kappa shape index (κ1) is 49.9. The molecule has 65 heavy (non-hydrogen) atoms. The second-order valence-corrected chi connectivity index (χ2v) is 22.5. The standard InChI is InChI=1S/C27H35N3OS.C16H26N2S.C10H10N2O2/c1-18(20-10-13-23-21(16-20)17-28-30-23)24(31)14-11-19-12-15-25(27(2,3)4)29-26(19)32-22-8-6-5-7-9-22;1-16(2,3)14-10-9-12(11-17)15(18-14)19-13-7-5-4-6-8-13;1-6(10(13)14)7-2-3-9-8(4-7)5-11-12-9/h10,12-13,15-18,22H,5-9,11,14H2,1-4H3,(H,28,30);9-10,13H,4-8,11,17H2,1-3H3;2-6H,1H3,(H,11,12)(H,13,14). The number of aliphatic carboxylic acids is 1. The number of benzene rings is 2. The Balaban J connectivity index is 0.000000179. The van der Waals surface area contributed by atoms with Crippen LogP contribution in [0, 0.1) is 0 Å². The molecule has 0 saturated heterocycles. The van der Waals surface area contributed by atoms with E-state index in [-0.39, 0.29) is 22.5 Å². The van der Waals surface area contributed by atoms with Crippen LogP contribution in [0.25, 0.3) is 21.8 Å². The van der Waals surface area contributed by atoms with Crippen LogP contribution in [0.4, 0.5) is 0 Å². The highest BCUT2D eigenvalue weighted by Crippen LogP contribution is 2.38. The highest BCUT2D eigenvalue weighted by Gasteiger charge is 2.24. The molecule has 5 N–H and O–H groups in total. The van der Waals surface area contributed by atoms with Gasteiger partial charge in [-0.2, -0.15) is 10.2 Å². The number of carbonyl (C=O) groups excluding carboxylic acids is 1. The van der Waals surface area contributed by atoms with Crippen molar-refractivity contribution >= 4 is 57.1 Å². The van der Waals surface area contributed by atoms with Crippen LogP contribution < -0.4 is 5.73 Å². The number of fused-ring (bicyclic) bond motifs is 2. The number of nitrogens with two attached hydrogens (primary N) is 1. The van der Waals surface area contributed by atoms with Crippen molar-refractivity contribution in [2.75, 3.05) is 0 Å². The maximum absolute atomic E-state index is 13.1. The van der Waals surface area contributed by atoms with E-state index in [4.69, 9.17) is 20.8 Å². The number of nitrogens with zero attached hydrogens (tertiary/aromatic N) is 4. The highest BCUT2D eigenvalue weighted by atomic mass is 32.2. The first-order valence-corrected chi connectivity index (χ1v) is 25.4. The first-order valence-electron chi connectivity index (χ1n) is 23.7. The minimum Gasteiger partial charge on any atom is -0.481 e. The molecule has 0 aliphatic heterocycles. The fraction of sp³-hybridized carbons (Fsp3) is 0.509. The molecule has 348 valence electrons. The SMILES string of the molecule is CC(C(=O)CCc1ccc(C(C)(C)C)nc1SC1CCCCC1)c1ccc2[nH]ncc2c1.CC(C(=O)O)c1ccc2[nH]ncc2c1.CC(C)(C)c1ccc(CN)c(SC2CCCCC2)n1. The van der Waals surface area contributed by atoms with Gasteiger partial charge in [0.15, 0.2) is 0 Å². The molecule has 10 nitrogen and oxygen atoms in total. The monoisotopic (exact) mass is 918 g/mol. The summed E-state index contributed by atoms with van der Waals surface area (Å²) in [7, 11) is 0. The lowest BCUT2D eigenvalue weighted by Crippen LogP contribution is -2.16. The number of nitrogens with one attached hydrogen (secondary N) is 2. The summed E-state index contributed by atoms with van der Waals surface area (Å²) in [5.41, 5.74) is 14.5. The van der Waals surface area contributed by atoms with Gasteiger partial charge in [0, 0.05) is 62.4 Å². The molecule has 8 rings (SSSR count). The quantitative estimate of drug-likeness (QED) is 0.0929. The van der Waals surface area contributed by atoms with Crippen LogP contribution in [0.1, 0.15) is 171 Å². The van der Waals surface area contributed by atoms with Crippen molar-refractivity contribution in [1.82, 2.24) is 30.4 Å². The van der Waals surface area contributed by atoms with E-state index < -0.39 is 11.9 Å². The van der Waals surface area contributed by atoms with Crippen LogP contribution in [0.15, 0.2) is 83.1 Å². The molecule has 0 bridgehead atoms. The first-order chi connectivity index (χ1) is 31.0. The van der Waals surface area contributed by atoms with Crippen molar-refractivity contribution in [3.63, 3.8) is 0 Å². The van der Waals surface area contributed by atoms with E-state index in [9.17, 15) is 9.59 Å². The Kier molecular flexibility index (Phi) is 17.5. The summed E-state index contributed by atoms with van der Waals surface area (Å²) < 4.78 is 0. The summed E-state index contributed by atoms with van der Waals surface area (Å²) >= 11 is 3.90. The number of rotatable bonds is 12. The number of aromatic amines is 2. The van der Waals surface area contributed by atoms with Crippen molar-refractivity contribution in [3.05, 3.63) is 107 Å². The van der Waals surface area contributed by atoms with E-state index in [1.807, 2.05) is 60.9 Å². The summed E-state index contributed by atoms with van der Waals surface area (Å²) in [5, 5.41) is 28.3. The van der Waals surface area contributed by atoms with Crippen molar-refractivity contribution in [3.8, 4) is 0 Å². The van der Waals surface area contributed by atoms with E-state index in [2.05, 4.69) is 92.3 Å². The molecule has 4 heterocycles. The van der Waals surface area contributed by atoms with E-state index in [1.54, 1.807) is 19.2 Å². The maximum atomic E-state index is 13.1. The number of H-pyrrole nitrogens is 2. The summed E-state index contributed by atoms with van der Waals surface area (Å²) in [6.07, 6.45) is 18.1. The van der Waals surface area contributed by atoms with Crippen LogP contribution in [-0.4, -0.2) is 57.7 Å². The number of Topliss-reactive ketones (excluding diaryl/α,β-unsaturated/α-hetero) is 1. The lowest BCUT2D eigenvalue weighted by atomic mass is 9.90. The Morgan fingerprint density at radius 1 is 0.662 bits per heavy atom. The largest absolute Gasteiger partial charge is 0.481 e. The zero-order valence-electron chi connectivity index (χ0n) is 39.9. The molecule has 2 aliphatic carbocycles. The number of thioether (sulfide) groups is 2. The molecule has 2 fully saturated rings. The van der Waals surface area contributed by atoms with Crippen LogP contribution in [0.5, 0.6) is 0 Å². The number of carboxylic acids is 1. The van der Waals surface area contributed by atoms with Gasteiger partial charge in [0.1, 0.15) is 10.8 Å². The summed E-state index contributed by atoms with van der Waals surface area (Å²) in [6.45, 7) is 17.6. The average molecular weight is 918 g/mol. The molecule has 4 aromatic heterocycles. The van der Waals surface area contributed by atoms with Gasteiger partial charge >= 0.3 is 5.97 Å². The predicted octanol–water partition coefficient (Wildman–Crippen LogP) is 13.0. The molecule has 2 unspecified atom stereocenters. The van der Waals surface area contributed by atoms with Gasteiger partial charge in [-0.15, -0.1) is 23.5 Å². The van der Waals surface area contributed by atoms with Crippen molar-refractivity contribution < 1.29 is 14.7 Å². The molecule has 6 aromatic rings. The van der Waals surface area contributed by atoms with E-state index in [0.29, 0.717) is 18.2 Å². The number of carbonyl (C=O) groups is 2. The average Bonchev–Trinajstić information content (AvgIpc) is 3.98. The normalized spacial score (nSPS) is 16.0. The molecule has 12 heteroatoms. The van der Waals surface area contributed by atoms with Gasteiger partial charge in [-0.1, -0.05) is 111 Å². The fourth-order valence-electron chi connectivity index (χ4n) is 8.27. The number of aryl methyl sites for hydroxylation is 1. The van der Waals surface area contributed by atoms with Gasteiger partial charge in [-0.25, -0.2) is 9.97 Å². The number of ketones is 1. The van der Waals surface area contributed by atoms with Crippen molar-refractivity contribution in [2.45, 2.75) is 182 Å². The van der Waals surface area contributed by atoms with Crippen molar-refractivity contribution in [1.29, 1.82) is 0 Å². The Hall–Kier alpha value is -4.52. The van der Waals surface area contributed by atoms with E-state index >= 15 is 0 Å². The smallest absolute Gasteiger partial charge is 0.310 e. The van der Waals surface area contributed by atoms with Crippen LogP contribution in [-0.2, 0) is 33.4 Å². The number of hydrogen-bond donors (Lipinski definition) is 4. The third-order valence-corrected chi connectivity index (χ3v) is 15.5. The van der Waals surface area contributed by atoms with E-state index in [0.717, 1.165) is 55.3 Å². The summed E-state index contributed by atoms with van der Waals surface area (Å²) in [6, 6.07) is 20.3. The highest BCUT2D eigenvalue weighted by molar-refractivity contribution is 8.00. The van der Waals surface area contributed by atoms with Gasteiger partial charge in [0.25, 0.3) is 0 Å². The number of aromatic nitrogens is 6. The Morgan fingerprint density at radius 2 is 1.11 bits per heavy atom. The van der Waals surface area contributed by atoms with E-state index in [1.165, 1.54) is 86.1 Å². The summed E-state index contributed by atoms with van der Waals surface area (Å²) in [5.74, 6) is -1.13. The second-order valence-electron chi connectivity index (χ2n) is 20.0. The van der Waals surface area contributed by atoms with Gasteiger partial charge in [-0.3, -0.25) is 19.8 Å². The van der Waals surface area contributed by atoms with Crippen LogP contribution in [0.3, 0.4) is 0 Å². The second kappa shape index (κ2) is 22.8. The molecular formula is C53H71N7O3S2. The lowest BCUT2D eigenvalue weighted by molar-refractivity contribution is -0.138. The van der Waals surface area contributed by atoms with Gasteiger partial charge in [-0.05, 0) is 97.7 Å². The third kappa shape index (κ3) is 14.0. The van der Waals surface area contributed by atoms with Gasteiger partial charge in [0.05, 0.1) is 34.4 Å². The van der Waals surface area contributed by atoms with Crippen LogP contribution >= 0.6 is 23.5 Å². The Labute approximate surface area is 394 Å². The van der Waals surface area contributed by atoms with Crippen LogP contribution in [0.2, 0.25) is 0 Å². The third-order valence-electron chi connectivity index (χ3n) is 12.7. The fourth-order valence-corrected chi connectivity index (χ4v) is 11.0. The summed E-state index contributed by atoms with van der Waals surface area (Å²) in [4.78, 5) is 33.8. The molecule has 2 saturated carbocycles. The number of hydrogen-bond acceptors (Lipinski definition) is 9. The lowest BCUT2D eigenvalue weighted by Gasteiger charge is -2.24. The molecule has 2 atom stereocenters. The Morgan fingerprint density at radius 3 is 1.55 bits per heavy atom. The number of carboxylic acid groups (broad SMARTS) is 1. The zero-order valence-corrected chi connectivity index (χ0v) is 41.5. The van der Waals surface area contributed by atoms with Gasteiger partial charge < -0.3 is 10.8 Å². The molecule has 0 spiro atoms. The molecule has 2 aliphatic rings. The maximum Gasteiger partial charge on any atom is 0.310 e. The number of pyridine rings is 2. The topological polar surface area (TPSA) is 164 Å². The zero-order chi connectivity index (χ0) is 46.7. The molecule has 0 radical (unpaired) electrons. The minimum absolute atomic E-state index is 0.0243. The Bertz CT molecular complexity index is 2490. The minimum atomic E-state index is -0.812. The molecule has 0 amide bonds. The molecular weight excluding hydrogens is 847 g/mol. The predicted molar refractivity (Wildman–Crippen MR) is 269 cm³/mol. The van der Waals surface area contributed by atoms with Crippen molar-refractivity contribution in [2.24, 2.45) is 5.73 Å². The molecule has 2 aromatic carbocycles. The van der Waals surface area contributed by atoms with Gasteiger partial charge in [0.2, 0.25) is 0 Å².